The van der Waals surface area contributed by atoms with Crippen LogP contribution in [0.3, 0.4) is 0 Å². The summed E-state index contributed by atoms with van der Waals surface area (Å²) < 4.78 is 29.8. The number of aromatic nitrogens is 5. The average molecular weight is 451 g/mol. The minimum absolute atomic E-state index is 0.0596. The van der Waals surface area contributed by atoms with Crippen LogP contribution in [0.4, 0.5) is 20.4 Å². The molecule has 168 valence electrons. The van der Waals surface area contributed by atoms with Crippen LogP contribution in [0.5, 0.6) is 0 Å². The molecule has 3 aromatic heterocycles. The van der Waals surface area contributed by atoms with E-state index in [1.807, 2.05) is 4.90 Å². The highest BCUT2D eigenvalue weighted by atomic mass is 19.1. The van der Waals surface area contributed by atoms with Crippen LogP contribution in [-0.4, -0.2) is 44.3 Å². The van der Waals surface area contributed by atoms with Gasteiger partial charge in [-0.1, -0.05) is 0 Å². The van der Waals surface area contributed by atoms with Gasteiger partial charge in [0.1, 0.15) is 23.1 Å². The second kappa shape index (κ2) is 8.08. The minimum Gasteiger partial charge on any atom is -0.348 e. The van der Waals surface area contributed by atoms with Crippen LogP contribution in [-0.2, 0) is 0 Å². The van der Waals surface area contributed by atoms with Gasteiger partial charge in [0.2, 0.25) is 0 Å². The molecule has 1 aliphatic heterocycles. The molecular formula is C22H19F2N7O2. The summed E-state index contributed by atoms with van der Waals surface area (Å²) in [5, 5.41) is 10.7. The van der Waals surface area contributed by atoms with Gasteiger partial charge in [-0.2, -0.15) is 9.61 Å². The van der Waals surface area contributed by atoms with E-state index in [1.54, 1.807) is 19.2 Å². The van der Waals surface area contributed by atoms with E-state index < -0.39 is 23.1 Å². The molecule has 1 atom stereocenters. The molecule has 5 rings (SSSR count). The maximum absolute atomic E-state index is 14.5. The molecule has 0 saturated carbocycles. The van der Waals surface area contributed by atoms with Crippen molar-refractivity contribution in [1.82, 2.24) is 24.8 Å². The van der Waals surface area contributed by atoms with E-state index in [1.165, 1.54) is 33.8 Å². The number of nitrogens with one attached hydrogen (secondary N) is 1. The van der Waals surface area contributed by atoms with E-state index in [-0.39, 0.29) is 17.3 Å². The van der Waals surface area contributed by atoms with Crippen LogP contribution < -0.4 is 15.4 Å². The molecular weight excluding hydrogens is 432 g/mol. The Morgan fingerprint density at radius 3 is 2.82 bits per heavy atom. The summed E-state index contributed by atoms with van der Waals surface area (Å²) in [5.41, 5.74) is 0.446. The Hall–Kier alpha value is -4.15. The first kappa shape index (κ1) is 20.7. The van der Waals surface area contributed by atoms with E-state index in [0.29, 0.717) is 30.2 Å². The third kappa shape index (κ3) is 3.71. The van der Waals surface area contributed by atoms with Gasteiger partial charge in [0.25, 0.3) is 11.5 Å². The zero-order chi connectivity index (χ0) is 23.1. The number of carbonyl (C=O) groups excluding carboxylic acids is 1. The first-order chi connectivity index (χ1) is 15.9. The largest absolute Gasteiger partial charge is 0.348 e. The fourth-order valence-corrected chi connectivity index (χ4v) is 4.11. The van der Waals surface area contributed by atoms with Gasteiger partial charge in [0, 0.05) is 25.2 Å². The van der Waals surface area contributed by atoms with E-state index in [4.69, 9.17) is 0 Å². The Morgan fingerprint density at radius 1 is 1.18 bits per heavy atom. The summed E-state index contributed by atoms with van der Waals surface area (Å²) in [6, 6.07) is 9.18. The predicted molar refractivity (Wildman–Crippen MR) is 116 cm³/mol. The molecule has 1 fully saturated rings. The summed E-state index contributed by atoms with van der Waals surface area (Å²) in [7, 11) is 1.55. The van der Waals surface area contributed by atoms with E-state index in [9.17, 15) is 18.4 Å². The van der Waals surface area contributed by atoms with Crippen molar-refractivity contribution < 1.29 is 13.6 Å². The Bertz CT molecular complexity index is 1400. The van der Waals surface area contributed by atoms with Crippen molar-refractivity contribution >= 4 is 23.2 Å². The minimum atomic E-state index is -0.491. The molecule has 4 heterocycles. The number of imidazole rings is 1. The third-order valence-electron chi connectivity index (χ3n) is 5.74. The Labute approximate surface area is 186 Å². The zero-order valence-electron chi connectivity index (χ0n) is 17.6. The third-order valence-corrected chi connectivity index (χ3v) is 5.74. The average Bonchev–Trinajstić information content (AvgIpc) is 3.47. The zero-order valence-corrected chi connectivity index (χ0v) is 17.6. The lowest BCUT2D eigenvalue weighted by atomic mass is 10.0. The fourth-order valence-electron chi connectivity index (χ4n) is 4.11. The number of hydrogen-bond acceptors (Lipinski definition) is 6. The molecule has 1 saturated heterocycles. The van der Waals surface area contributed by atoms with Gasteiger partial charge in [-0.15, -0.1) is 5.10 Å². The lowest BCUT2D eigenvalue weighted by Crippen LogP contribution is -2.30. The molecule has 0 radical (unpaired) electrons. The number of amides is 1. The summed E-state index contributed by atoms with van der Waals surface area (Å²) in [6.07, 6.45) is 2.96. The molecule has 0 spiro atoms. The van der Waals surface area contributed by atoms with Gasteiger partial charge in [-0.05, 0) is 49.2 Å². The number of benzene rings is 1. The maximum atomic E-state index is 14.5. The number of hydrogen-bond donors (Lipinski definition) is 1. The number of anilines is 2. The summed E-state index contributed by atoms with van der Waals surface area (Å²) in [6.45, 7) is 0.624. The highest BCUT2D eigenvalue weighted by molar-refractivity contribution is 6.03. The van der Waals surface area contributed by atoms with Crippen molar-refractivity contribution in [3.63, 3.8) is 0 Å². The Morgan fingerprint density at radius 2 is 2.03 bits per heavy atom. The molecule has 4 aromatic rings. The Balaban J connectivity index is 1.50. The van der Waals surface area contributed by atoms with Crippen LogP contribution in [0.25, 0.3) is 5.65 Å². The molecule has 1 amide bonds. The van der Waals surface area contributed by atoms with Crippen LogP contribution in [0, 0.1) is 11.6 Å². The molecule has 1 N–H and O–H groups in total. The lowest BCUT2D eigenvalue weighted by Gasteiger charge is -2.26. The molecule has 33 heavy (non-hydrogen) atoms. The topological polar surface area (TPSA) is 99.5 Å². The molecule has 9 nitrogen and oxygen atoms in total. The fraction of sp³-hybridized carbons (Fsp3) is 0.227. The van der Waals surface area contributed by atoms with Gasteiger partial charge in [-0.25, -0.2) is 18.9 Å². The van der Waals surface area contributed by atoms with Crippen molar-refractivity contribution in [2.24, 2.45) is 0 Å². The number of aromatic amines is 1. The first-order valence-corrected chi connectivity index (χ1v) is 10.3. The standard InChI is InChI=1S/C22H19F2N7O2/c1-29(22(33)16-6-9-20(32)27-26-16)21-12-25-18-7-8-19(28-31(18)21)30-10-2-3-17(30)14-11-13(23)4-5-15(14)24/h4-9,11-12,17H,2-3,10H2,1H3,(H,27,32)/t17-/m1/s1. The normalized spacial score (nSPS) is 15.8. The number of rotatable bonds is 4. The number of halogens is 2. The van der Waals surface area contributed by atoms with Crippen molar-refractivity contribution in [1.29, 1.82) is 0 Å². The predicted octanol–water partition coefficient (Wildman–Crippen LogP) is 2.71. The second-order valence-electron chi connectivity index (χ2n) is 7.77. The van der Waals surface area contributed by atoms with Gasteiger partial charge < -0.3 is 4.90 Å². The first-order valence-electron chi connectivity index (χ1n) is 10.3. The molecule has 0 unspecified atom stereocenters. The van der Waals surface area contributed by atoms with E-state index in [2.05, 4.69) is 20.3 Å². The van der Waals surface area contributed by atoms with Crippen molar-refractivity contribution in [2.45, 2.75) is 18.9 Å². The second-order valence-corrected chi connectivity index (χ2v) is 7.77. The SMILES string of the molecule is CN(C(=O)c1ccc(=O)[nH]n1)c1cnc2ccc(N3CCC[C@@H]3c3cc(F)ccc3F)nn12. The smallest absolute Gasteiger partial charge is 0.279 e. The van der Waals surface area contributed by atoms with Gasteiger partial charge in [0.15, 0.2) is 11.5 Å². The van der Waals surface area contributed by atoms with Crippen LogP contribution >= 0.6 is 0 Å². The van der Waals surface area contributed by atoms with Crippen molar-refractivity contribution in [3.05, 3.63) is 81.9 Å². The van der Waals surface area contributed by atoms with Crippen LogP contribution in [0.15, 0.2) is 53.5 Å². The summed E-state index contributed by atoms with van der Waals surface area (Å²) in [5.74, 6) is -0.472. The van der Waals surface area contributed by atoms with E-state index in [0.717, 1.165) is 18.6 Å². The molecule has 11 heteroatoms. The molecule has 1 aromatic carbocycles. The van der Waals surface area contributed by atoms with Gasteiger partial charge in [-0.3, -0.25) is 14.5 Å². The van der Waals surface area contributed by atoms with Crippen molar-refractivity contribution in [3.8, 4) is 0 Å². The Kier molecular flexibility index (Phi) is 5.08. The number of fused-ring (bicyclic) bond motifs is 1. The highest BCUT2D eigenvalue weighted by Crippen LogP contribution is 2.36. The van der Waals surface area contributed by atoms with Crippen LogP contribution in [0.2, 0.25) is 0 Å². The summed E-state index contributed by atoms with van der Waals surface area (Å²) in [4.78, 5) is 31.6. The molecule has 0 aliphatic carbocycles. The monoisotopic (exact) mass is 451 g/mol. The molecule has 0 bridgehead atoms. The molecule has 1 aliphatic rings. The number of nitrogens with zero attached hydrogens (tertiary/aromatic N) is 6. The van der Waals surface area contributed by atoms with E-state index >= 15 is 0 Å². The number of carbonyl (C=O) groups is 1. The van der Waals surface area contributed by atoms with Crippen molar-refractivity contribution in [2.75, 3.05) is 23.4 Å². The van der Waals surface area contributed by atoms with Gasteiger partial charge in [0.05, 0.1) is 12.2 Å². The lowest BCUT2D eigenvalue weighted by molar-refractivity contribution is 0.0986. The highest BCUT2D eigenvalue weighted by Gasteiger charge is 2.30. The van der Waals surface area contributed by atoms with Gasteiger partial charge >= 0.3 is 0 Å². The maximum Gasteiger partial charge on any atom is 0.279 e. The van der Waals surface area contributed by atoms with Crippen LogP contribution in [0.1, 0.15) is 34.9 Å². The number of H-pyrrole nitrogens is 1. The summed E-state index contributed by atoms with van der Waals surface area (Å²) >= 11 is 0. The quantitative estimate of drug-likeness (QED) is 0.512.